The number of carbonyl (C=O) groups excluding carboxylic acids is 2. The second-order valence-electron chi connectivity index (χ2n) is 6.90. The molecular formula is C21H22N2O3. The molecule has 0 saturated heterocycles. The van der Waals surface area contributed by atoms with Gasteiger partial charge in [-0.1, -0.05) is 32.0 Å². The number of Topliss-reactive ketones (excluding diaryl/α,β-unsaturated/α-hetero) is 1. The standard InChI is InChI=1S/C21H22N2O3/c1-12(2)19(24)17-18(15-7-5-6-10-22-15)23(21(26)20(17)25)16-11-13(3)8-9-14(16)4/h5-12,18,25H,1-4H3. The number of anilines is 1. The molecule has 1 aromatic heterocycles. The normalized spacial score (nSPS) is 17.3. The number of aliphatic hydroxyl groups excluding tert-OH is 1. The van der Waals surface area contributed by atoms with Gasteiger partial charge in [-0.15, -0.1) is 0 Å². The summed E-state index contributed by atoms with van der Waals surface area (Å²) in [6.07, 6.45) is 1.62. The number of aliphatic hydroxyl groups is 1. The third-order valence-corrected chi connectivity index (χ3v) is 4.59. The molecule has 5 nitrogen and oxygen atoms in total. The van der Waals surface area contributed by atoms with Crippen molar-refractivity contribution in [1.29, 1.82) is 0 Å². The summed E-state index contributed by atoms with van der Waals surface area (Å²) < 4.78 is 0. The molecule has 1 aromatic carbocycles. The average molecular weight is 350 g/mol. The van der Waals surface area contributed by atoms with Gasteiger partial charge in [-0.3, -0.25) is 19.5 Å². The predicted octanol–water partition coefficient (Wildman–Crippen LogP) is 3.82. The molecule has 2 heterocycles. The van der Waals surface area contributed by atoms with Gasteiger partial charge in [-0.2, -0.15) is 0 Å². The van der Waals surface area contributed by atoms with Crippen LogP contribution in [-0.4, -0.2) is 21.8 Å². The van der Waals surface area contributed by atoms with E-state index in [1.165, 1.54) is 4.90 Å². The fraction of sp³-hybridized carbons (Fsp3) is 0.286. The molecule has 0 radical (unpaired) electrons. The number of hydrogen-bond acceptors (Lipinski definition) is 4. The minimum absolute atomic E-state index is 0.115. The Morgan fingerprint density at radius 3 is 2.54 bits per heavy atom. The summed E-state index contributed by atoms with van der Waals surface area (Å²) in [5.74, 6) is -1.65. The number of aryl methyl sites for hydroxylation is 2. The number of hydrogen-bond donors (Lipinski definition) is 1. The largest absolute Gasteiger partial charge is 0.503 e. The summed E-state index contributed by atoms with van der Waals surface area (Å²) >= 11 is 0. The van der Waals surface area contributed by atoms with Gasteiger partial charge in [-0.05, 0) is 43.2 Å². The second kappa shape index (κ2) is 6.75. The zero-order valence-electron chi connectivity index (χ0n) is 15.4. The number of pyridine rings is 1. The van der Waals surface area contributed by atoms with Crippen molar-refractivity contribution in [1.82, 2.24) is 4.98 Å². The monoisotopic (exact) mass is 350 g/mol. The number of rotatable bonds is 4. The Morgan fingerprint density at radius 1 is 1.19 bits per heavy atom. The van der Waals surface area contributed by atoms with Gasteiger partial charge in [-0.25, -0.2) is 0 Å². The van der Waals surface area contributed by atoms with E-state index in [1.54, 1.807) is 38.2 Å². The lowest BCUT2D eigenvalue weighted by Crippen LogP contribution is -2.32. The molecule has 26 heavy (non-hydrogen) atoms. The Kier molecular flexibility index (Phi) is 4.64. The fourth-order valence-corrected chi connectivity index (χ4v) is 3.21. The van der Waals surface area contributed by atoms with Gasteiger partial charge >= 0.3 is 0 Å². The van der Waals surface area contributed by atoms with Crippen LogP contribution >= 0.6 is 0 Å². The van der Waals surface area contributed by atoms with Crippen LogP contribution in [0, 0.1) is 19.8 Å². The molecule has 1 N–H and O–H groups in total. The SMILES string of the molecule is Cc1ccc(C)c(N2C(=O)C(O)=C(C(=O)C(C)C)C2c2ccccn2)c1. The highest BCUT2D eigenvalue weighted by Crippen LogP contribution is 2.42. The van der Waals surface area contributed by atoms with Crippen molar-refractivity contribution < 1.29 is 14.7 Å². The summed E-state index contributed by atoms with van der Waals surface area (Å²) in [5, 5.41) is 10.5. The minimum Gasteiger partial charge on any atom is -0.503 e. The number of carbonyl (C=O) groups is 2. The van der Waals surface area contributed by atoms with Crippen LogP contribution in [0.25, 0.3) is 0 Å². The lowest BCUT2D eigenvalue weighted by molar-refractivity contribution is -0.119. The van der Waals surface area contributed by atoms with Crippen molar-refractivity contribution >= 4 is 17.4 Å². The van der Waals surface area contributed by atoms with Crippen LogP contribution in [0.1, 0.15) is 36.7 Å². The van der Waals surface area contributed by atoms with E-state index in [0.29, 0.717) is 11.4 Å². The maximum Gasteiger partial charge on any atom is 0.294 e. The predicted molar refractivity (Wildman–Crippen MR) is 99.9 cm³/mol. The molecule has 0 fully saturated rings. The maximum absolute atomic E-state index is 12.9. The molecule has 0 aliphatic carbocycles. The highest BCUT2D eigenvalue weighted by Gasteiger charge is 2.45. The first kappa shape index (κ1) is 17.9. The Labute approximate surface area is 153 Å². The molecule has 1 aliphatic rings. The first-order chi connectivity index (χ1) is 12.3. The lowest BCUT2D eigenvalue weighted by atomic mass is 9.93. The van der Waals surface area contributed by atoms with Crippen molar-refractivity contribution in [3.8, 4) is 0 Å². The molecule has 2 aromatic rings. The molecule has 134 valence electrons. The van der Waals surface area contributed by atoms with Crippen LogP contribution in [0.5, 0.6) is 0 Å². The number of benzene rings is 1. The highest BCUT2D eigenvalue weighted by molar-refractivity contribution is 6.17. The third kappa shape index (κ3) is 2.90. The van der Waals surface area contributed by atoms with Crippen molar-refractivity contribution in [3.63, 3.8) is 0 Å². The molecule has 5 heteroatoms. The molecule has 1 atom stereocenters. The van der Waals surface area contributed by atoms with E-state index in [4.69, 9.17) is 0 Å². The molecule has 0 bridgehead atoms. The number of nitrogens with zero attached hydrogens (tertiary/aromatic N) is 2. The van der Waals surface area contributed by atoms with Gasteiger partial charge in [0.05, 0.1) is 11.3 Å². The van der Waals surface area contributed by atoms with Crippen LogP contribution in [-0.2, 0) is 9.59 Å². The van der Waals surface area contributed by atoms with Crippen LogP contribution in [0.15, 0.2) is 53.9 Å². The van der Waals surface area contributed by atoms with E-state index < -0.39 is 17.7 Å². The Bertz CT molecular complexity index is 901. The van der Waals surface area contributed by atoms with Gasteiger partial charge in [0.1, 0.15) is 6.04 Å². The van der Waals surface area contributed by atoms with Gasteiger partial charge in [0.2, 0.25) is 0 Å². The summed E-state index contributed by atoms with van der Waals surface area (Å²) in [7, 11) is 0. The van der Waals surface area contributed by atoms with Crippen LogP contribution in [0.3, 0.4) is 0 Å². The van der Waals surface area contributed by atoms with Crippen LogP contribution in [0.4, 0.5) is 5.69 Å². The Hall–Kier alpha value is -2.95. The average Bonchev–Trinajstić information content (AvgIpc) is 2.88. The zero-order chi connectivity index (χ0) is 19.0. The number of amides is 1. The van der Waals surface area contributed by atoms with Crippen molar-refractivity contribution in [3.05, 3.63) is 70.7 Å². The molecule has 1 unspecified atom stereocenters. The zero-order valence-corrected chi connectivity index (χ0v) is 15.4. The Morgan fingerprint density at radius 2 is 1.92 bits per heavy atom. The number of aromatic nitrogens is 1. The molecule has 0 spiro atoms. The molecule has 3 rings (SSSR count). The van der Waals surface area contributed by atoms with E-state index in [0.717, 1.165) is 11.1 Å². The molecule has 1 amide bonds. The summed E-state index contributed by atoms with van der Waals surface area (Å²) in [6.45, 7) is 7.34. The summed E-state index contributed by atoms with van der Waals surface area (Å²) in [4.78, 5) is 31.6. The van der Waals surface area contributed by atoms with Crippen molar-refractivity contribution in [2.24, 2.45) is 5.92 Å². The van der Waals surface area contributed by atoms with E-state index in [-0.39, 0.29) is 17.3 Å². The first-order valence-electron chi connectivity index (χ1n) is 8.62. The van der Waals surface area contributed by atoms with E-state index >= 15 is 0 Å². The second-order valence-corrected chi connectivity index (χ2v) is 6.90. The van der Waals surface area contributed by atoms with Gasteiger partial charge in [0, 0.05) is 17.8 Å². The van der Waals surface area contributed by atoms with Crippen LogP contribution < -0.4 is 4.90 Å². The minimum atomic E-state index is -0.737. The third-order valence-electron chi connectivity index (χ3n) is 4.59. The fourth-order valence-electron chi connectivity index (χ4n) is 3.21. The highest BCUT2D eigenvalue weighted by atomic mass is 16.3. The molecular weight excluding hydrogens is 328 g/mol. The first-order valence-corrected chi connectivity index (χ1v) is 8.62. The lowest BCUT2D eigenvalue weighted by Gasteiger charge is -2.28. The quantitative estimate of drug-likeness (QED) is 0.910. The maximum atomic E-state index is 12.9. The van der Waals surface area contributed by atoms with E-state index in [9.17, 15) is 14.7 Å². The molecule has 0 saturated carbocycles. The number of ketones is 1. The summed E-state index contributed by atoms with van der Waals surface area (Å²) in [6, 6.07) is 10.4. The summed E-state index contributed by atoms with van der Waals surface area (Å²) in [5.41, 5.74) is 3.21. The molecule has 1 aliphatic heterocycles. The van der Waals surface area contributed by atoms with Crippen LogP contribution in [0.2, 0.25) is 0 Å². The van der Waals surface area contributed by atoms with Gasteiger partial charge in [0.25, 0.3) is 5.91 Å². The van der Waals surface area contributed by atoms with Crippen molar-refractivity contribution in [2.75, 3.05) is 4.90 Å². The van der Waals surface area contributed by atoms with Gasteiger partial charge in [0.15, 0.2) is 11.5 Å². The van der Waals surface area contributed by atoms with Crippen molar-refractivity contribution in [2.45, 2.75) is 33.7 Å². The van der Waals surface area contributed by atoms with E-state index in [1.807, 2.05) is 32.0 Å². The Balaban J connectivity index is 2.23. The smallest absolute Gasteiger partial charge is 0.294 e. The van der Waals surface area contributed by atoms with Gasteiger partial charge < -0.3 is 5.11 Å². The van der Waals surface area contributed by atoms with E-state index in [2.05, 4.69) is 4.98 Å². The topological polar surface area (TPSA) is 70.5 Å².